The molecule has 0 aliphatic heterocycles. The zero-order valence-corrected chi connectivity index (χ0v) is 8.20. The molecule has 1 aromatic rings. The highest BCUT2D eigenvalue weighted by molar-refractivity contribution is 5.30. The van der Waals surface area contributed by atoms with Gasteiger partial charge in [0, 0.05) is 18.8 Å². The van der Waals surface area contributed by atoms with Crippen molar-refractivity contribution in [1.82, 2.24) is 0 Å². The van der Waals surface area contributed by atoms with Gasteiger partial charge in [0.2, 0.25) is 0 Å². The summed E-state index contributed by atoms with van der Waals surface area (Å²) in [6.45, 7) is 2.01. The van der Waals surface area contributed by atoms with Gasteiger partial charge in [0.25, 0.3) is 0 Å². The molecule has 1 rings (SSSR count). The summed E-state index contributed by atoms with van der Waals surface area (Å²) < 4.78 is 0. The minimum absolute atomic E-state index is 0.0613. The molecule has 0 fully saturated rings. The molecule has 2 heteroatoms. The van der Waals surface area contributed by atoms with Crippen LogP contribution in [0.3, 0.4) is 0 Å². The first kappa shape index (κ1) is 10.3. The van der Waals surface area contributed by atoms with Crippen LogP contribution in [0.1, 0.15) is 29.9 Å². The molecule has 0 saturated heterocycles. The van der Waals surface area contributed by atoms with Gasteiger partial charge in [0.1, 0.15) is 0 Å². The number of rotatable bonds is 3. The van der Waals surface area contributed by atoms with Crippen LogP contribution in [0.5, 0.6) is 0 Å². The Labute approximate surface area is 84.4 Å². The Morgan fingerprint density at radius 1 is 1.14 bits per heavy atom. The molecule has 0 aliphatic carbocycles. The molecule has 0 spiro atoms. The molecule has 14 heavy (non-hydrogen) atoms. The summed E-state index contributed by atoms with van der Waals surface area (Å²) in [7, 11) is 0. The second-order valence-corrected chi connectivity index (χ2v) is 3.28. The number of benzene rings is 1. The molecule has 0 atom stereocenters. The van der Waals surface area contributed by atoms with Crippen LogP contribution in [0.4, 0.5) is 0 Å². The zero-order chi connectivity index (χ0) is 10.4. The third kappa shape index (κ3) is 2.34. The van der Waals surface area contributed by atoms with Crippen molar-refractivity contribution in [1.29, 1.82) is 10.5 Å². The van der Waals surface area contributed by atoms with E-state index in [1.807, 2.05) is 31.2 Å². The summed E-state index contributed by atoms with van der Waals surface area (Å²) in [6.07, 6.45) is 0.830. The maximum atomic E-state index is 8.66. The van der Waals surface area contributed by atoms with Crippen molar-refractivity contribution in [3.05, 3.63) is 35.4 Å². The molecule has 0 aromatic heterocycles. The fourth-order valence-electron chi connectivity index (χ4n) is 1.56. The quantitative estimate of drug-likeness (QED) is 0.725. The van der Waals surface area contributed by atoms with Gasteiger partial charge in [-0.3, -0.25) is 0 Å². The molecule has 0 amide bonds. The molecule has 0 heterocycles. The number of hydrogen-bond acceptors (Lipinski definition) is 2. The Morgan fingerprint density at radius 2 is 1.71 bits per heavy atom. The molecule has 0 aliphatic rings. The number of aryl methyl sites for hydroxylation is 1. The van der Waals surface area contributed by atoms with Crippen LogP contribution in [0.2, 0.25) is 0 Å². The Kier molecular flexibility index (Phi) is 3.70. The van der Waals surface area contributed by atoms with Crippen LogP contribution in [-0.4, -0.2) is 0 Å². The monoisotopic (exact) mass is 184 g/mol. The average molecular weight is 184 g/mol. The standard InChI is InChI=1S/C12H12N2/c1-10-4-2-3-5-12(10)11(6-8-13)7-9-14/h2-5,11H,6-7H2,1H3. The van der Waals surface area contributed by atoms with Gasteiger partial charge < -0.3 is 0 Å². The van der Waals surface area contributed by atoms with Crippen molar-refractivity contribution in [2.75, 3.05) is 0 Å². The second kappa shape index (κ2) is 5.04. The molecule has 1 aromatic carbocycles. The van der Waals surface area contributed by atoms with E-state index >= 15 is 0 Å². The van der Waals surface area contributed by atoms with E-state index in [-0.39, 0.29) is 5.92 Å². The molecule has 0 unspecified atom stereocenters. The third-order valence-corrected chi connectivity index (χ3v) is 2.30. The van der Waals surface area contributed by atoms with E-state index in [2.05, 4.69) is 12.1 Å². The molecule has 0 radical (unpaired) electrons. The van der Waals surface area contributed by atoms with Gasteiger partial charge >= 0.3 is 0 Å². The summed E-state index contributed by atoms with van der Waals surface area (Å²) in [4.78, 5) is 0. The van der Waals surface area contributed by atoms with E-state index in [9.17, 15) is 0 Å². The van der Waals surface area contributed by atoms with E-state index < -0.39 is 0 Å². The van der Waals surface area contributed by atoms with Crippen molar-refractivity contribution in [2.24, 2.45) is 0 Å². The Bertz CT molecular complexity index is 366. The third-order valence-electron chi connectivity index (χ3n) is 2.30. The van der Waals surface area contributed by atoms with Gasteiger partial charge in [-0.15, -0.1) is 0 Å². The Hall–Kier alpha value is -1.80. The molecular weight excluding hydrogens is 172 g/mol. The normalized spacial score (nSPS) is 9.43. The lowest BCUT2D eigenvalue weighted by Crippen LogP contribution is -1.99. The van der Waals surface area contributed by atoms with Crippen molar-refractivity contribution < 1.29 is 0 Å². The Morgan fingerprint density at radius 3 is 2.21 bits per heavy atom. The smallest absolute Gasteiger partial charge is 0.0628 e. The first-order valence-corrected chi connectivity index (χ1v) is 4.59. The predicted molar refractivity (Wildman–Crippen MR) is 54.4 cm³/mol. The van der Waals surface area contributed by atoms with Crippen LogP contribution < -0.4 is 0 Å². The van der Waals surface area contributed by atoms with Crippen molar-refractivity contribution in [3.63, 3.8) is 0 Å². The largest absolute Gasteiger partial charge is 0.198 e. The lowest BCUT2D eigenvalue weighted by molar-refractivity contribution is 0.721. The minimum atomic E-state index is 0.0613. The van der Waals surface area contributed by atoms with Gasteiger partial charge in [-0.25, -0.2) is 0 Å². The van der Waals surface area contributed by atoms with Crippen molar-refractivity contribution in [2.45, 2.75) is 25.7 Å². The molecule has 0 bridgehead atoms. The van der Waals surface area contributed by atoms with Crippen LogP contribution in [-0.2, 0) is 0 Å². The first-order valence-electron chi connectivity index (χ1n) is 4.59. The molecule has 70 valence electrons. The average Bonchev–Trinajstić information content (AvgIpc) is 2.18. The van der Waals surface area contributed by atoms with Gasteiger partial charge in [-0.2, -0.15) is 10.5 Å². The van der Waals surface area contributed by atoms with Crippen LogP contribution in [0.25, 0.3) is 0 Å². The minimum Gasteiger partial charge on any atom is -0.198 e. The lowest BCUT2D eigenvalue weighted by Gasteiger charge is -2.12. The summed E-state index contributed by atoms with van der Waals surface area (Å²) in [5.74, 6) is 0.0613. The van der Waals surface area contributed by atoms with Gasteiger partial charge in [0.05, 0.1) is 12.1 Å². The first-order chi connectivity index (χ1) is 6.79. The van der Waals surface area contributed by atoms with E-state index in [4.69, 9.17) is 10.5 Å². The lowest BCUT2D eigenvalue weighted by atomic mass is 9.90. The highest BCUT2D eigenvalue weighted by atomic mass is 14.3. The molecular formula is C12H12N2. The maximum absolute atomic E-state index is 8.66. The van der Waals surface area contributed by atoms with Crippen LogP contribution >= 0.6 is 0 Å². The summed E-state index contributed by atoms with van der Waals surface area (Å²) in [5.41, 5.74) is 2.28. The fraction of sp³-hybridized carbons (Fsp3) is 0.333. The second-order valence-electron chi connectivity index (χ2n) is 3.28. The zero-order valence-electron chi connectivity index (χ0n) is 8.20. The molecule has 0 saturated carbocycles. The topological polar surface area (TPSA) is 47.6 Å². The van der Waals surface area contributed by atoms with Gasteiger partial charge in [0.15, 0.2) is 0 Å². The number of hydrogen-bond donors (Lipinski definition) is 0. The van der Waals surface area contributed by atoms with E-state index in [0.29, 0.717) is 12.8 Å². The van der Waals surface area contributed by atoms with Crippen molar-refractivity contribution in [3.8, 4) is 12.1 Å². The summed E-state index contributed by atoms with van der Waals surface area (Å²) >= 11 is 0. The molecule has 2 nitrogen and oxygen atoms in total. The van der Waals surface area contributed by atoms with Crippen LogP contribution in [0, 0.1) is 29.6 Å². The van der Waals surface area contributed by atoms with E-state index in [1.165, 1.54) is 0 Å². The SMILES string of the molecule is Cc1ccccc1C(CC#N)CC#N. The number of nitrogens with zero attached hydrogens (tertiary/aromatic N) is 2. The van der Waals surface area contributed by atoms with E-state index in [0.717, 1.165) is 11.1 Å². The highest BCUT2D eigenvalue weighted by Crippen LogP contribution is 2.25. The van der Waals surface area contributed by atoms with Gasteiger partial charge in [-0.05, 0) is 18.1 Å². The molecule has 0 N–H and O–H groups in total. The highest BCUT2D eigenvalue weighted by Gasteiger charge is 2.12. The predicted octanol–water partition coefficient (Wildman–Crippen LogP) is 2.91. The maximum Gasteiger partial charge on any atom is 0.0628 e. The van der Waals surface area contributed by atoms with E-state index in [1.54, 1.807) is 0 Å². The number of nitriles is 2. The van der Waals surface area contributed by atoms with Crippen LogP contribution in [0.15, 0.2) is 24.3 Å². The summed E-state index contributed by atoms with van der Waals surface area (Å²) in [6, 6.07) is 12.2. The summed E-state index contributed by atoms with van der Waals surface area (Å²) in [5, 5.41) is 17.3. The van der Waals surface area contributed by atoms with Crippen molar-refractivity contribution >= 4 is 0 Å². The van der Waals surface area contributed by atoms with Gasteiger partial charge in [-0.1, -0.05) is 24.3 Å². The Balaban J connectivity index is 2.95. The fourth-order valence-corrected chi connectivity index (χ4v) is 1.56.